The fraction of sp³-hybridized carbons (Fsp3) is 0.105. The fourth-order valence-corrected chi connectivity index (χ4v) is 3.24. The van der Waals surface area contributed by atoms with Crippen molar-refractivity contribution in [2.45, 2.75) is 12.5 Å². The molecule has 4 aromatic carbocycles. The molecule has 4 aromatic rings. The molecule has 0 saturated heterocycles. The molecule has 100 valence electrons. The Morgan fingerprint density at radius 2 is 1.48 bits per heavy atom. The van der Waals surface area contributed by atoms with Crippen molar-refractivity contribution in [1.82, 2.24) is 0 Å². The van der Waals surface area contributed by atoms with Crippen LogP contribution in [-0.4, -0.2) is 5.11 Å². The number of rotatable bonds is 2. The van der Waals surface area contributed by atoms with Crippen molar-refractivity contribution in [3.05, 3.63) is 60.2 Å². The minimum absolute atomic E-state index is 0.115. The molecule has 0 aliphatic carbocycles. The van der Waals surface area contributed by atoms with Crippen molar-refractivity contribution in [2.75, 3.05) is 0 Å². The van der Waals surface area contributed by atoms with Gasteiger partial charge in [-0.2, -0.15) is 5.26 Å². The molecule has 0 bridgehead atoms. The molecule has 1 N–H and O–H groups in total. The first-order valence-corrected chi connectivity index (χ1v) is 7.01. The zero-order valence-corrected chi connectivity index (χ0v) is 11.4. The Kier molecular flexibility index (Phi) is 2.57. The Bertz CT molecular complexity index is 981. The summed E-state index contributed by atoms with van der Waals surface area (Å²) >= 11 is 0. The van der Waals surface area contributed by atoms with Crippen molar-refractivity contribution in [3.8, 4) is 6.07 Å². The molecule has 2 heteroatoms. The minimum Gasteiger partial charge on any atom is -0.387 e. The molecule has 0 spiro atoms. The Labute approximate surface area is 122 Å². The van der Waals surface area contributed by atoms with Crippen LogP contribution in [0.15, 0.2) is 54.6 Å². The lowest BCUT2D eigenvalue weighted by molar-refractivity contribution is 0.185. The Morgan fingerprint density at radius 3 is 2.19 bits per heavy atom. The van der Waals surface area contributed by atoms with Crippen LogP contribution in [0.3, 0.4) is 0 Å². The Morgan fingerprint density at radius 1 is 0.857 bits per heavy atom. The van der Waals surface area contributed by atoms with E-state index >= 15 is 0 Å². The molecule has 0 amide bonds. The second kappa shape index (κ2) is 4.44. The first kappa shape index (κ1) is 12.1. The molecular formula is C19H13NO. The average Bonchev–Trinajstić information content (AvgIpc) is 2.52. The normalized spacial score (nSPS) is 13.0. The lowest BCUT2D eigenvalue weighted by atomic mass is 9.90. The van der Waals surface area contributed by atoms with Gasteiger partial charge in [0.2, 0.25) is 0 Å². The molecule has 4 rings (SSSR count). The molecule has 0 radical (unpaired) electrons. The van der Waals surface area contributed by atoms with Crippen LogP contribution < -0.4 is 0 Å². The van der Waals surface area contributed by atoms with E-state index in [0.717, 1.165) is 10.9 Å². The topological polar surface area (TPSA) is 44.0 Å². The monoisotopic (exact) mass is 271 g/mol. The van der Waals surface area contributed by atoms with Gasteiger partial charge in [0.15, 0.2) is 0 Å². The Balaban J connectivity index is 2.18. The smallest absolute Gasteiger partial charge is 0.0925 e. The van der Waals surface area contributed by atoms with Crippen molar-refractivity contribution in [3.63, 3.8) is 0 Å². The molecule has 1 atom stereocenters. The van der Waals surface area contributed by atoms with Crippen molar-refractivity contribution < 1.29 is 5.11 Å². The second-order valence-electron chi connectivity index (χ2n) is 5.39. The predicted molar refractivity (Wildman–Crippen MR) is 85.3 cm³/mol. The van der Waals surface area contributed by atoms with E-state index < -0.39 is 6.10 Å². The van der Waals surface area contributed by atoms with E-state index in [-0.39, 0.29) is 6.42 Å². The molecule has 0 saturated carbocycles. The lowest BCUT2D eigenvalue weighted by Crippen LogP contribution is -1.98. The van der Waals surface area contributed by atoms with Gasteiger partial charge in [0, 0.05) is 0 Å². The number of hydrogen-bond acceptors (Lipinski definition) is 2. The maximum absolute atomic E-state index is 10.2. The fourth-order valence-electron chi connectivity index (χ4n) is 3.24. The highest BCUT2D eigenvalue weighted by molar-refractivity contribution is 6.23. The van der Waals surface area contributed by atoms with Crippen LogP contribution >= 0.6 is 0 Å². The zero-order chi connectivity index (χ0) is 14.4. The first-order chi connectivity index (χ1) is 10.3. The summed E-state index contributed by atoms with van der Waals surface area (Å²) in [5, 5.41) is 26.1. The van der Waals surface area contributed by atoms with E-state index in [2.05, 4.69) is 42.5 Å². The van der Waals surface area contributed by atoms with Crippen LogP contribution in [0.2, 0.25) is 0 Å². The lowest BCUT2D eigenvalue weighted by Gasteiger charge is -2.15. The third kappa shape index (κ3) is 1.68. The van der Waals surface area contributed by atoms with Crippen molar-refractivity contribution in [2.24, 2.45) is 0 Å². The summed E-state index contributed by atoms with van der Waals surface area (Å²) in [4.78, 5) is 0. The van der Waals surface area contributed by atoms with E-state index in [9.17, 15) is 5.11 Å². The third-order valence-corrected chi connectivity index (χ3v) is 4.21. The van der Waals surface area contributed by atoms with Gasteiger partial charge in [0.1, 0.15) is 0 Å². The average molecular weight is 271 g/mol. The van der Waals surface area contributed by atoms with Gasteiger partial charge in [-0.3, -0.25) is 0 Å². The van der Waals surface area contributed by atoms with Gasteiger partial charge in [-0.25, -0.2) is 0 Å². The molecule has 0 fully saturated rings. The van der Waals surface area contributed by atoms with Crippen LogP contribution in [0.5, 0.6) is 0 Å². The highest BCUT2D eigenvalue weighted by atomic mass is 16.3. The Hall–Kier alpha value is -2.63. The standard InChI is InChI=1S/C19H13NO/c20-11-10-17(21)15-8-6-14-5-4-12-2-1-3-13-7-9-16(15)19(14)18(12)13/h1-9,17,21H,10H2. The largest absolute Gasteiger partial charge is 0.387 e. The van der Waals surface area contributed by atoms with Crippen LogP contribution in [0.4, 0.5) is 0 Å². The zero-order valence-electron chi connectivity index (χ0n) is 11.4. The van der Waals surface area contributed by atoms with E-state index in [0.29, 0.717) is 0 Å². The molecular weight excluding hydrogens is 258 g/mol. The number of nitrogens with zero attached hydrogens (tertiary/aromatic N) is 1. The van der Waals surface area contributed by atoms with E-state index in [4.69, 9.17) is 5.26 Å². The van der Waals surface area contributed by atoms with Crippen LogP contribution in [0.1, 0.15) is 18.1 Å². The highest BCUT2D eigenvalue weighted by Gasteiger charge is 2.15. The molecule has 21 heavy (non-hydrogen) atoms. The molecule has 1 unspecified atom stereocenters. The van der Waals surface area contributed by atoms with Gasteiger partial charge < -0.3 is 5.11 Å². The van der Waals surface area contributed by atoms with E-state index in [1.807, 2.05) is 18.2 Å². The minimum atomic E-state index is -0.737. The third-order valence-electron chi connectivity index (χ3n) is 4.21. The summed E-state index contributed by atoms with van der Waals surface area (Å²) in [6.07, 6.45) is -0.621. The second-order valence-corrected chi connectivity index (χ2v) is 5.39. The molecule has 0 aromatic heterocycles. The SMILES string of the molecule is N#CCC(O)c1ccc2ccc3cccc4ccc1c2c34. The first-order valence-electron chi connectivity index (χ1n) is 7.01. The number of benzene rings is 4. The summed E-state index contributed by atoms with van der Waals surface area (Å²) in [5.41, 5.74) is 0.835. The summed E-state index contributed by atoms with van der Waals surface area (Å²) < 4.78 is 0. The van der Waals surface area contributed by atoms with Gasteiger partial charge in [-0.1, -0.05) is 54.6 Å². The summed E-state index contributed by atoms with van der Waals surface area (Å²) in [6, 6.07) is 20.7. The quantitative estimate of drug-likeness (QED) is 0.544. The van der Waals surface area contributed by atoms with Gasteiger partial charge >= 0.3 is 0 Å². The highest BCUT2D eigenvalue weighted by Crippen LogP contribution is 2.37. The maximum Gasteiger partial charge on any atom is 0.0925 e. The van der Waals surface area contributed by atoms with Gasteiger partial charge in [-0.15, -0.1) is 0 Å². The number of aliphatic hydroxyl groups excluding tert-OH is 1. The van der Waals surface area contributed by atoms with Crippen LogP contribution in [-0.2, 0) is 0 Å². The summed E-state index contributed by atoms with van der Waals surface area (Å²) in [7, 11) is 0. The van der Waals surface area contributed by atoms with Gasteiger partial charge in [0.05, 0.1) is 18.6 Å². The number of aliphatic hydroxyl groups is 1. The summed E-state index contributed by atoms with van der Waals surface area (Å²) in [5.74, 6) is 0. The van der Waals surface area contributed by atoms with Crippen LogP contribution in [0.25, 0.3) is 32.3 Å². The molecule has 0 aliphatic heterocycles. The molecule has 0 heterocycles. The molecule has 0 aliphatic rings. The van der Waals surface area contributed by atoms with Gasteiger partial charge in [0.25, 0.3) is 0 Å². The van der Waals surface area contributed by atoms with Gasteiger partial charge in [-0.05, 0) is 37.9 Å². The number of hydrogen-bond donors (Lipinski definition) is 1. The van der Waals surface area contributed by atoms with E-state index in [1.54, 1.807) is 0 Å². The van der Waals surface area contributed by atoms with E-state index in [1.165, 1.54) is 26.9 Å². The maximum atomic E-state index is 10.2. The van der Waals surface area contributed by atoms with Crippen molar-refractivity contribution >= 4 is 32.3 Å². The molecule has 2 nitrogen and oxygen atoms in total. The number of nitriles is 1. The van der Waals surface area contributed by atoms with Crippen molar-refractivity contribution in [1.29, 1.82) is 5.26 Å². The summed E-state index contributed by atoms with van der Waals surface area (Å²) in [6.45, 7) is 0. The van der Waals surface area contributed by atoms with Crippen LogP contribution in [0, 0.1) is 11.3 Å². The predicted octanol–water partition coefficient (Wildman–Crippen LogP) is 4.53.